The summed E-state index contributed by atoms with van der Waals surface area (Å²) < 4.78 is 28.5. The van der Waals surface area contributed by atoms with Gasteiger partial charge in [0.25, 0.3) is 0 Å². The van der Waals surface area contributed by atoms with Crippen LogP contribution in [0.25, 0.3) is 0 Å². The summed E-state index contributed by atoms with van der Waals surface area (Å²) in [4.78, 5) is 0.231. The van der Waals surface area contributed by atoms with Crippen LogP contribution in [0.15, 0.2) is 17.3 Å². The van der Waals surface area contributed by atoms with Crippen molar-refractivity contribution >= 4 is 10.0 Å². The van der Waals surface area contributed by atoms with E-state index in [9.17, 15) is 8.42 Å². The Kier molecular flexibility index (Phi) is 5.17. The predicted octanol–water partition coefficient (Wildman–Crippen LogP) is 1.22. The summed E-state index contributed by atoms with van der Waals surface area (Å²) in [7, 11) is -3.46. The number of hydrogen-bond donors (Lipinski definition) is 1. The van der Waals surface area contributed by atoms with Gasteiger partial charge < -0.3 is 5.11 Å². The summed E-state index contributed by atoms with van der Waals surface area (Å²) >= 11 is 0. The molecule has 1 aromatic rings. The molecule has 2 rings (SSSR count). The second-order valence-electron chi connectivity index (χ2n) is 5.22. The maximum Gasteiger partial charge on any atom is 0.246 e. The van der Waals surface area contributed by atoms with E-state index < -0.39 is 10.0 Å². The van der Waals surface area contributed by atoms with Gasteiger partial charge in [-0.25, -0.2) is 8.42 Å². The molecule has 6 nitrogen and oxygen atoms in total. The molecule has 1 fully saturated rings. The summed E-state index contributed by atoms with van der Waals surface area (Å²) in [6.07, 6.45) is 7.73. The van der Waals surface area contributed by atoms with E-state index in [1.807, 2.05) is 0 Å². The first-order valence-electron chi connectivity index (χ1n) is 7.24. The highest BCUT2D eigenvalue weighted by Gasteiger charge is 2.33. The highest BCUT2D eigenvalue weighted by molar-refractivity contribution is 7.89. The molecule has 1 saturated heterocycles. The van der Waals surface area contributed by atoms with Crippen LogP contribution in [0.2, 0.25) is 0 Å². The SMILES string of the molecule is CCCC1CCCCN1S(=O)(=O)c1cnn(CCO)c1. The van der Waals surface area contributed by atoms with E-state index in [1.165, 1.54) is 17.1 Å². The van der Waals surface area contributed by atoms with Crippen LogP contribution in [-0.2, 0) is 16.6 Å². The maximum absolute atomic E-state index is 12.7. The zero-order chi connectivity index (χ0) is 14.6. The molecule has 0 aromatic carbocycles. The zero-order valence-electron chi connectivity index (χ0n) is 11.9. The van der Waals surface area contributed by atoms with Gasteiger partial charge in [0.05, 0.1) is 19.3 Å². The third-order valence-electron chi connectivity index (χ3n) is 3.74. The summed E-state index contributed by atoms with van der Waals surface area (Å²) in [6.45, 7) is 2.94. The molecular weight excluding hydrogens is 278 g/mol. The van der Waals surface area contributed by atoms with Crippen molar-refractivity contribution in [1.29, 1.82) is 0 Å². The lowest BCUT2D eigenvalue weighted by molar-refractivity contribution is 0.239. The standard InChI is InChI=1S/C13H23N3O3S/c1-2-5-12-6-3-4-7-16(12)20(18,19)13-10-14-15(11-13)8-9-17/h10-12,17H,2-9H2,1H3. The van der Waals surface area contributed by atoms with Crippen molar-refractivity contribution in [2.24, 2.45) is 0 Å². The van der Waals surface area contributed by atoms with E-state index in [0.717, 1.165) is 32.1 Å². The van der Waals surface area contributed by atoms with Crippen molar-refractivity contribution < 1.29 is 13.5 Å². The molecule has 0 radical (unpaired) electrons. The number of hydrogen-bond acceptors (Lipinski definition) is 4. The minimum atomic E-state index is -3.46. The maximum atomic E-state index is 12.7. The van der Waals surface area contributed by atoms with E-state index in [-0.39, 0.29) is 17.5 Å². The Morgan fingerprint density at radius 2 is 2.25 bits per heavy atom. The van der Waals surface area contributed by atoms with Crippen molar-refractivity contribution in [3.05, 3.63) is 12.4 Å². The van der Waals surface area contributed by atoms with E-state index in [1.54, 1.807) is 4.31 Å². The molecule has 2 heterocycles. The number of aliphatic hydroxyl groups is 1. The molecule has 1 unspecified atom stereocenters. The van der Waals surface area contributed by atoms with Gasteiger partial charge in [-0.2, -0.15) is 9.40 Å². The van der Waals surface area contributed by atoms with E-state index in [0.29, 0.717) is 13.1 Å². The Labute approximate surface area is 120 Å². The minimum absolute atomic E-state index is 0.0522. The van der Waals surface area contributed by atoms with Gasteiger partial charge in [0.1, 0.15) is 4.90 Å². The number of rotatable bonds is 6. The Balaban J connectivity index is 2.22. The zero-order valence-corrected chi connectivity index (χ0v) is 12.7. The highest BCUT2D eigenvalue weighted by Crippen LogP contribution is 2.27. The highest BCUT2D eigenvalue weighted by atomic mass is 32.2. The summed E-state index contributed by atoms with van der Waals surface area (Å²) in [5.41, 5.74) is 0. The first-order chi connectivity index (χ1) is 9.59. The summed E-state index contributed by atoms with van der Waals surface area (Å²) in [6, 6.07) is 0.111. The van der Waals surface area contributed by atoms with Crippen LogP contribution in [0, 0.1) is 0 Å². The third-order valence-corrected chi connectivity index (χ3v) is 5.64. The average Bonchev–Trinajstić information content (AvgIpc) is 2.89. The molecule has 0 amide bonds. The topological polar surface area (TPSA) is 75.4 Å². The van der Waals surface area contributed by atoms with Gasteiger partial charge in [-0.15, -0.1) is 0 Å². The first-order valence-corrected chi connectivity index (χ1v) is 8.68. The van der Waals surface area contributed by atoms with Crippen molar-refractivity contribution in [3.63, 3.8) is 0 Å². The molecule has 7 heteroatoms. The quantitative estimate of drug-likeness (QED) is 0.857. The van der Waals surface area contributed by atoms with Crippen LogP contribution in [0.3, 0.4) is 0 Å². The minimum Gasteiger partial charge on any atom is -0.394 e. The molecule has 114 valence electrons. The summed E-state index contributed by atoms with van der Waals surface area (Å²) in [5, 5.41) is 12.9. The van der Waals surface area contributed by atoms with Gasteiger partial charge in [-0.05, 0) is 19.3 Å². The molecule has 1 aromatic heterocycles. The fourth-order valence-corrected chi connectivity index (χ4v) is 4.43. The number of nitrogens with zero attached hydrogens (tertiary/aromatic N) is 3. The van der Waals surface area contributed by atoms with Gasteiger partial charge >= 0.3 is 0 Å². The van der Waals surface area contributed by atoms with Crippen LogP contribution < -0.4 is 0 Å². The lowest BCUT2D eigenvalue weighted by atomic mass is 10.0. The lowest BCUT2D eigenvalue weighted by Gasteiger charge is -2.34. The van der Waals surface area contributed by atoms with Gasteiger partial charge in [0.2, 0.25) is 10.0 Å². The Morgan fingerprint density at radius 3 is 2.95 bits per heavy atom. The van der Waals surface area contributed by atoms with Crippen molar-refractivity contribution in [3.8, 4) is 0 Å². The van der Waals surface area contributed by atoms with Crippen LogP contribution >= 0.6 is 0 Å². The van der Waals surface area contributed by atoms with E-state index >= 15 is 0 Å². The molecule has 1 N–H and O–H groups in total. The molecular formula is C13H23N3O3S. The number of sulfonamides is 1. The molecule has 0 bridgehead atoms. The van der Waals surface area contributed by atoms with Gasteiger partial charge in [-0.1, -0.05) is 19.8 Å². The fourth-order valence-electron chi connectivity index (χ4n) is 2.75. The molecule has 1 aliphatic heterocycles. The van der Waals surface area contributed by atoms with E-state index in [2.05, 4.69) is 12.0 Å². The smallest absolute Gasteiger partial charge is 0.246 e. The van der Waals surface area contributed by atoms with Crippen LogP contribution in [0.4, 0.5) is 0 Å². The second-order valence-corrected chi connectivity index (χ2v) is 7.11. The Bertz CT molecular complexity index is 525. The fraction of sp³-hybridized carbons (Fsp3) is 0.769. The molecule has 0 aliphatic carbocycles. The van der Waals surface area contributed by atoms with Crippen LogP contribution in [-0.4, -0.2) is 46.8 Å². The lowest BCUT2D eigenvalue weighted by Crippen LogP contribution is -2.43. The Hall–Kier alpha value is -0.920. The molecule has 0 spiro atoms. The molecule has 1 atom stereocenters. The first kappa shape index (κ1) is 15.5. The van der Waals surface area contributed by atoms with Crippen LogP contribution in [0.5, 0.6) is 0 Å². The molecule has 20 heavy (non-hydrogen) atoms. The average molecular weight is 301 g/mol. The number of aromatic nitrogens is 2. The predicted molar refractivity (Wildman–Crippen MR) is 75.8 cm³/mol. The van der Waals surface area contributed by atoms with Gasteiger partial charge in [0.15, 0.2) is 0 Å². The van der Waals surface area contributed by atoms with Crippen molar-refractivity contribution in [2.75, 3.05) is 13.2 Å². The normalized spacial score (nSPS) is 21.2. The second kappa shape index (κ2) is 6.69. The van der Waals surface area contributed by atoms with Crippen molar-refractivity contribution in [1.82, 2.24) is 14.1 Å². The van der Waals surface area contributed by atoms with Gasteiger partial charge in [0, 0.05) is 18.8 Å². The molecule has 0 saturated carbocycles. The Morgan fingerprint density at radius 1 is 1.45 bits per heavy atom. The van der Waals surface area contributed by atoms with Crippen molar-refractivity contribution in [2.45, 2.75) is 56.5 Å². The number of aliphatic hydroxyl groups excluding tert-OH is 1. The third kappa shape index (κ3) is 3.21. The number of piperidine rings is 1. The van der Waals surface area contributed by atoms with E-state index in [4.69, 9.17) is 5.11 Å². The summed E-state index contributed by atoms with van der Waals surface area (Å²) in [5.74, 6) is 0. The van der Waals surface area contributed by atoms with Crippen LogP contribution in [0.1, 0.15) is 39.0 Å². The van der Waals surface area contributed by atoms with Gasteiger partial charge in [-0.3, -0.25) is 4.68 Å². The largest absolute Gasteiger partial charge is 0.394 e. The monoisotopic (exact) mass is 301 g/mol. The molecule has 1 aliphatic rings.